The summed E-state index contributed by atoms with van der Waals surface area (Å²) in [6.45, 7) is 0.222. The van der Waals surface area contributed by atoms with Gasteiger partial charge in [0, 0.05) is 17.8 Å². The number of benzene rings is 2. The van der Waals surface area contributed by atoms with E-state index >= 15 is 0 Å². The largest absolute Gasteiger partial charge is 0.350 e. The van der Waals surface area contributed by atoms with Gasteiger partial charge in [0.05, 0.1) is 16.1 Å². The van der Waals surface area contributed by atoms with Gasteiger partial charge in [0.2, 0.25) is 5.91 Å². The van der Waals surface area contributed by atoms with E-state index in [0.717, 1.165) is 5.56 Å². The Morgan fingerprint density at radius 3 is 2.50 bits per heavy atom. The number of nitrogens with zero attached hydrogens (tertiary/aromatic N) is 1. The molecule has 2 rings (SSSR count). The zero-order valence-electron chi connectivity index (χ0n) is 12.6. The van der Waals surface area contributed by atoms with Gasteiger partial charge in [0.25, 0.3) is 0 Å². The molecule has 0 bridgehead atoms. The first kappa shape index (κ1) is 18.4. The highest BCUT2D eigenvalue weighted by molar-refractivity contribution is 7.80. The molecule has 122 valence electrons. The topological polar surface area (TPSA) is 52.9 Å². The van der Waals surface area contributed by atoms with Crippen LogP contribution in [0.3, 0.4) is 0 Å². The molecule has 0 heterocycles. The highest BCUT2D eigenvalue weighted by Gasteiger charge is 2.19. The SMILES string of the molecule is N#CC(C(=O)NCC(=S)Cc1ccc(Cl)c(Cl)c1)c1ccccc1. The van der Waals surface area contributed by atoms with E-state index in [1.807, 2.05) is 18.2 Å². The molecule has 1 N–H and O–H groups in total. The lowest BCUT2D eigenvalue weighted by atomic mass is 10.00. The van der Waals surface area contributed by atoms with Crippen molar-refractivity contribution in [1.82, 2.24) is 5.32 Å². The van der Waals surface area contributed by atoms with Gasteiger partial charge in [0.15, 0.2) is 0 Å². The van der Waals surface area contributed by atoms with Crippen molar-refractivity contribution >= 4 is 46.2 Å². The second-order valence-corrected chi connectivity index (χ2v) is 6.55. The van der Waals surface area contributed by atoms with Gasteiger partial charge in [-0.2, -0.15) is 5.26 Å². The molecular formula is C18H14Cl2N2OS. The van der Waals surface area contributed by atoms with Crippen molar-refractivity contribution in [3.05, 3.63) is 69.7 Å². The van der Waals surface area contributed by atoms with Crippen LogP contribution < -0.4 is 5.32 Å². The normalized spacial score (nSPS) is 11.4. The summed E-state index contributed by atoms with van der Waals surface area (Å²) in [7, 11) is 0. The molecule has 24 heavy (non-hydrogen) atoms. The Balaban J connectivity index is 1.92. The summed E-state index contributed by atoms with van der Waals surface area (Å²) >= 11 is 17.1. The van der Waals surface area contributed by atoms with E-state index in [1.165, 1.54) is 0 Å². The van der Waals surface area contributed by atoms with Crippen LogP contribution in [0.15, 0.2) is 48.5 Å². The maximum atomic E-state index is 12.2. The molecule has 0 aliphatic heterocycles. The Labute approximate surface area is 156 Å². The quantitative estimate of drug-likeness (QED) is 0.763. The summed E-state index contributed by atoms with van der Waals surface area (Å²) in [5.74, 6) is -1.21. The standard InChI is InChI=1S/C18H14Cl2N2OS/c19-16-7-6-12(9-17(16)20)8-14(24)11-22-18(23)15(10-21)13-4-2-1-3-5-13/h1-7,9,15H,8,11H2,(H,22,23). The fourth-order valence-corrected chi connectivity index (χ4v) is 2.72. The lowest BCUT2D eigenvalue weighted by molar-refractivity contribution is -0.121. The summed E-state index contributed by atoms with van der Waals surface area (Å²) in [4.78, 5) is 12.8. The van der Waals surface area contributed by atoms with Crippen LogP contribution in [-0.4, -0.2) is 17.3 Å². The summed E-state index contributed by atoms with van der Waals surface area (Å²) in [6.07, 6.45) is 0.495. The first-order chi connectivity index (χ1) is 11.5. The smallest absolute Gasteiger partial charge is 0.242 e. The van der Waals surface area contributed by atoms with Crippen molar-refractivity contribution in [2.45, 2.75) is 12.3 Å². The molecule has 2 aromatic carbocycles. The molecular weight excluding hydrogens is 363 g/mol. The number of thiocarbonyl (C=S) groups is 1. The molecule has 0 aliphatic carbocycles. The fourth-order valence-electron chi connectivity index (χ4n) is 2.16. The number of carbonyl (C=O) groups excluding carboxylic acids is 1. The summed E-state index contributed by atoms with van der Waals surface area (Å²) in [6, 6.07) is 16.2. The maximum Gasteiger partial charge on any atom is 0.242 e. The lowest BCUT2D eigenvalue weighted by Crippen LogP contribution is -2.33. The average molecular weight is 377 g/mol. The van der Waals surface area contributed by atoms with Gasteiger partial charge in [-0.3, -0.25) is 4.79 Å². The molecule has 2 aromatic rings. The van der Waals surface area contributed by atoms with Crippen molar-refractivity contribution in [3.63, 3.8) is 0 Å². The Morgan fingerprint density at radius 1 is 1.17 bits per heavy atom. The van der Waals surface area contributed by atoms with Crippen molar-refractivity contribution < 1.29 is 4.79 Å². The van der Waals surface area contributed by atoms with E-state index in [-0.39, 0.29) is 12.5 Å². The summed E-state index contributed by atoms with van der Waals surface area (Å²) in [5.41, 5.74) is 1.58. The average Bonchev–Trinajstić information content (AvgIpc) is 2.58. The Hall–Kier alpha value is -1.93. The lowest BCUT2D eigenvalue weighted by Gasteiger charge is -2.11. The first-order valence-corrected chi connectivity index (χ1v) is 8.35. The van der Waals surface area contributed by atoms with Crippen LogP contribution in [0.1, 0.15) is 17.0 Å². The van der Waals surface area contributed by atoms with Crippen LogP contribution in [0.4, 0.5) is 0 Å². The van der Waals surface area contributed by atoms with Crippen molar-refractivity contribution in [3.8, 4) is 6.07 Å². The minimum absolute atomic E-state index is 0.222. The predicted octanol–water partition coefficient (Wildman–Crippen LogP) is 4.33. The third-order valence-electron chi connectivity index (χ3n) is 3.37. The Morgan fingerprint density at radius 2 is 1.88 bits per heavy atom. The van der Waals surface area contributed by atoms with Crippen LogP contribution in [0.25, 0.3) is 0 Å². The van der Waals surface area contributed by atoms with Gasteiger partial charge in [-0.1, -0.05) is 71.8 Å². The number of rotatable bonds is 6. The van der Waals surface area contributed by atoms with Gasteiger partial charge in [-0.15, -0.1) is 0 Å². The van der Waals surface area contributed by atoms with Gasteiger partial charge >= 0.3 is 0 Å². The number of hydrogen-bond donors (Lipinski definition) is 1. The molecule has 0 fully saturated rings. The molecule has 1 unspecified atom stereocenters. The minimum atomic E-state index is -0.848. The fraction of sp³-hybridized carbons (Fsp3) is 0.167. The van der Waals surface area contributed by atoms with Crippen LogP contribution in [0, 0.1) is 11.3 Å². The van der Waals surface area contributed by atoms with Crippen LogP contribution in [0.2, 0.25) is 10.0 Å². The van der Waals surface area contributed by atoms with Crippen molar-refractivity contribution in [2.24, 2.45) is 0 Å². The molecule has 0 aliphatic rings. The Bertz CT molecular complexity index is 787. The Kier molecular flexibility index (Phi) is 6.74. The predicted molar refractivity (Wildman–Crippen MR) is 101 cm³/mol. The third kappa shape index (κ3) is 5.04. The van der Waals surface area contributed by atoms with Crippen molar-refractivity contribution in [2.75, 3.05) is 6.54 Å². The highest BCUT2D eigenvalue weighted by atomic mass is 35.5. The summed E-state index contributed by atoms with van der Waals surface area (Å²) in [5, 5.41) is 12.9. The van der Waals surface area contributed by atoms with E-state index in [4.69, 9.17) is 35.4 Å². The van der Waals surface area contributed by atoms with E-state index in [2.05, 4.69) is 5.32 Å². The van der Waals surface area contributed by atoms with E-state index in [9.17, 15) is 10.1 Å². The van der Waals surface area contributed by atoms with E-state index in [0.29, 0.717) is 26.9 Å². The van der Waals surface area contributed by atoms with Gasteiger partial charge in [-0.05, 0) is 23.3 Å². The molecule has 1 amide bonds. The van der Waals surface area contributed by atoms with Crippen molar-refractivity contribution in [1.29, 1.82) is 5.26 Å². The van der Waals surface area contributed by atoms with Crippen LogP contribution >= 0.6 is 35.4 Å². The molecule has 0 spiro atoms. The second-order valence-electron chi connectivity index (χ2n) is 5.15. The number of carbonyl (C=O) groups is 1. The molecule has 0 aromatic heterocycles. The first-order valence-electron chi connectivity index (χ1n) is 7.19. The van der Waals surface area contributed by atoms with Crippen LogP contribution in [-0.2, 0) is 11.2 Å². The van der Waals surface area contributed by atoms with Crippen LogP contribution in [0.5, 0.6) is 0 Å². The van der Waals surface area contributed by atoms with Gasteiger partial charge in [-0.25, -0.2) is 0 Å². The molecule has 0 radical (unpaired) electrons. The summed E-state index contributed by atoms with van der Waals surface area (Å²) < 4.78 is 0. The van der Waals surface area contributed by atoms with E-state index in [1.54, 1.807) is 36.4 Å². The zero-order chi connectivity index (χ0) is 17.5. The maximum absolute atomic E-state index is 12.2. The third-order valence-corrected chi connectivity index (χ3v) is 4.40. The minimum Gasteiger partial charge on any atom is -0.350 e. The molecule has 0 saturated heterocycles. The number of amides is 1. The number of nitrogens with one attached hydrogen (secondary N) is 1. The van der Waals surface area contributed by atoms with Gasteiger partial charge in [0.1, 0.15) is 5.92 Å². The zero-order valence-corrected chi connectivity index (χ0v) is 15.0. The number of halogens is 2. The molecule has 0 saturated carbocycles. The monoisotopic (exact) mass is 376 g/mol. The molecule has 3 nitrogen and oxygen atoms in total. The van der Waals surface area contributed by atoms with Gasteiger partial charge < -0.3 is 5.32 Å². The van der Waals surface area contributed by atoms with E-state index < -0.39 is 5.92 Å². The number of hydrogen-bond acceptors (Lipinski definition) is 3. The molecule has 1 atom stereocenters. The molecule has 6 heteroatoms. The highest BCUT2D eigenvalue weighted by Crippen LogP contribution is 2.23. The second kappa shape index (κ2) is 8.79. The number of nitriles is 1.